The lowest BCUT2D eigenvalue weighted by molar-refractivity contribution is -0.667. The van der Waals surface area contributed by atoms with Gasteiger partial charge in [-0.1, -0.05) is 60.4 Å². The third-order valence-corrected chi connectivity index (χ3v) is 5.30. The summed E-state index contributed by atoms with van der Waals surface area (Å²) in [6.07, 6.45) is 6.91. The molecule has 2 N–H and O–H groups in total. The van der Waals surface area contributed by atoms with Crippen LogP contribution in [0.25, 0.3) is 11.2 Å². The van der Waals surface area contributed by atoms with E-state index in [1.54, 1.807) is 0 Å². The summed E-state index contributed by atoms with van der Waals surface area (Å²) >= 11 is 6.00. The molecule has 0 spiro atoms. The number of H-pyrrole nitrogens is 1. The van der Waals surface area contributed by atoms with Crippen molar-refractivity contribution in [1.29, 1.82) is 0 Å². The Hall–Kier alpha value is -2.14. The topological polar surface area (TPSA) is 57.5 Å². The van der Waals surface area contributed by atoms with Crippen LogP contribution in [0.15, 0.2) is 30.6 Å². The molecule has 136 valence electrons. The van der Waals surface area contributed by atoms with E-state index in [4.69, 9.17) is 21.6 Å². The van der Waals surface area contributed by atoms with Crippen LogP contribution in [0, 0.1) is 0 Å². The molecule has 1 fully saturated rings. The molecule has 2 heterocycles. The van der Waals surface area contributed by atoms with Gasteiger partial charge in [-0.25, -0.2) is 4.57 Å². The number of anilines is 1. The summed E-state index contributed by atoms with van der Waals surface area (Å²) in [4.78, 5) is 13.1. The molecule has 0 bridgehead atoms. The van der Waals surface area contributed by atoms with Crippen molar-refractivity contribution >= 4 is 28.6 Å². The zero-order chi connectivity index (χ0) is 18.1. The number of hydrogen-bond donors (Lipinski definition) is 2. The van der Waals surface area contributed by atoms with Crippen LogP contribution in [0.4, 0.5) is 5.82 Å². The standard InChI is InChI=1S/C20H24ClN5/c1-13(2)18-24-17-19(23-16-5-3-4-6-16)22-12-26(20(17)25-18)11-14-7-9-15(21)10-8-14/h7-10,12-13,16H,3-6,11H2,1-2H3,(H,23,24,25)/p+1. The van der Waals surface area contributed by atoms with Gasteiger partial charge in [0.25, 0.3) is 5.65 Å². The molecule has 1 aliphatic carbocycles. The van der Waals surface area contributed by atoms with Gasteiger partial charge in [-0.2, -0.15) is 0 Å². The lowest BCUT2D eigenvalue weighted by Gasteiger charge is -2.11. The second-order valence-electron chi connectivity index (χ2n) is 7.45. The average molecular weight is 371 g/mol. The van der Waals surface area contributed by atoms with E-state index in [-0.39, 0.29) is 0 Å². The maximum Gasteiger partial charge on any atom is 0.294 e. The fraction of sp³-hybridized carbons (Fsp3) is 0.450. The summed E-state index contributed by atoms with van der Waals surface area (Å²) in [5.74, 6) is 2.25. The Morgan fingerprint density at radius 1 is 1.23 bits per heavy atom. The van der Waals surface area contributed by atoms with Crippen LogP contribution in [-0.2, 0) is 6.54 Å². The van der Waals surface area contributed by atoms with Gasteiger partial charge in [-0.15, -0.1) is 0 Å². The first-order valence-electron chi connectivity index (χ1n) is 9.39. The maximum atomic E-state index is 6.00. The van der Waals surface area contributed by atoms with Gasteiger partial charge in [0.15, 0.2) is 11.3 Å². The van der Waals surface area contributed by atoms with Gasteiger partial charge in [-0.05, 0) is 30.5 Å². The molecule has 0 atom stereocenters. The van der Waals surface area contributed by atoms with Crippen LogP contribution in [-0.4, -0.2) is 21.0 Å². The van der Waals surface area contributed by atoms with E-state index in [9.17, 15) is 0 Å². The molecule has 6 heteroatoms. The van der Waals surface area contributed by atoms with Gasteiger partial charge < -0.3 is 10.3 Å². The van der Waals surface area contributed by atoms with Crippen molar-refractivity contribution in [2.45, 2.75) is 58.0 Å². The summed E-state index contributed by atoms with van der Waals surface area (Å²) in [6, 6.07) is 8.44. The Morgan fingerprint density at radius 2 is 1.96 bits per heavy atom. The predicted octanol–water partition coefficient (Wildman–Crippen LogP) is 4.43. The highest BCUT2D eigenvalue weighted by Crippen LogP contribution is 2.25. The number of benzene rings is 1. The first-order chi connectivity index (χ1) is 12.6. The minimum atomic E-state index is 0.339. The molecule has 0 radical (unpaired) electrons. The molecule has 5 nitrogen and oxygen atoms in total. The average Bonchev–Trinajstić information content (AvgIpc) is 3.29. The van der Waals surface area contributed by atoms with Gasteiger partial charge in [0.1, 0.15) is 0 Å². The van der Waals surface area contributed by atoms with Crippen LogP contribution < -0.4 is 9.88 Å². The van der Waals surface area contributed by atoms with E-state index < -0.39 is 0 Å². The van der Waals surface area contributed by atoms with E-state index in [0.29, 0.717) is 18.5 Å². The summed E-state index contributed by atoms with van der Waals surface area (Å²) in [7, 11) is 0. The smallest absolute Gasteiger partial charge is 0.294 e. The van der Waals surface area contributed by atoms with Crippen LogP contribution in [0.1, 0.15) is 56.8 Å². The molecule has 0 amide bonds. The predicted molar refractivity (Wildman–Crippen MR) is 105 cm³/mol. The molecule has 0 saturated heterocycles. The SMILES string of the molecule is CC(C)c1nc2c([nH]1)c(NC1CCCC1)nc[n+]2Cc1ccc(Cl)cc1. The number of nitrogens with one attached hydrogen (secondary N) is 2. The molecule has 0 aliphatic heterocycles. The van der Waals surface area contributed by atoms with Gasteiger partial charge in [0, 0.05) is 17.0 Å². The maximum absolute atomic E-state index is 6.00. The summed E-state index contributed by atoms with van der Waals surface area (Å²) in [5, 5.41) is 4.37. The van der Waals surface area contributed by atoms with E-state index in [1.165, 1.54) is 31.2 Å². The summed E-state index contributed by atoms with van der Waals surface area (Å²) in [6.45, 7) is 5.02. The van der Waals surface area contributed by atoms with Gasteiger partial charge in [0.05, 0.1) is 6.54 Å². The minimum Gasteiger partial charge on any atom is -0.352 e. The number of nitrogens with zero attached hydrogens (tertiary/aromatic N) is 3. The highest BCUT2D eigenvalue weighted by atomic mass is 35.5. The number of aromatic amines is 1. The number of hydrogen-bond acceptors (Lipinski definition) is 3. The first kappa shape index (κ1) is 17.3. The van der Waals surface area contributed by atoms with E-state index in [1.807, 2.05) is 30.6 Å². The summed E-state index contributed by atoms with van der Waals surface area (Å²) < 4.78 is 2.10. The van der Waals surface area contributed by atoms with E-state index in [0.717, 1.165) is 27.8 Å². The van der Waals surface area contributed by atoms with Crippen LogP contribution >= 0.6 is 11.6 Å². The Kier molecular flexibility index (Phi) is 4.81. The molecule has 1 aliphatic rings. The number of fused-ring (bicyclic) bond motifs is 1. The van der Waals surface area contributed by atoms with Crippen LogP contribution in [0.3, 0.4) is 0 Å². The van der Waals surface area contributed by atoms with Crippen molar-refractivity contribution in [1.82, 2.24) is 15.0 Å². The van der Waals surface area contributed by atoms with Crippen molar-refractivity contribution < 1.29 is 4.57 Å². The van der Waals surface area contributed by atoms with Gasteiger partial charge in [0.2, 0.25) is 12.1 Å². The van der Waals surface area contributed by atoms with Crippen molar-refractivity contribution in [3.05, 3.63) is 47.0 Å². The van der Waals surface area contributed by atoms with Crippen molar-refractivity contribution in [2.24, 2.45) is 0 Å². The first-order valence-corrected chi connectivity index (χ1v) is 9.77. The molecular formula is C20H25ClN5+. The molecule has 0 unspecified atom stereocenters. The molecule has 3 aromatic rings. The fourth-order valence-corrected chi connectivity index (χ4v) is 3.68. The molecule has 1 aromatic carbocycles. The lowest BCUT2D eigenvalue weighted by Crippen LogP contribution is -2.36. The second-order valence-corrected chi connectivity index (χ2v) is 7.89. The van der Waals surface area contributed by atoms with Gasteiger partial charge >= 0.3 is 0 Å². The highest BCUT2D eigenvalue weighted by molar-refractivity contribution is 6.30. The Balaban J connectivity index is 1.72. The Bertz CT molecular complexity index is 894. The number of imidazole rings is 1. The monoisotopic (exact) mass is 370 g/mol. The number of aromatic nitrogens is 4. The zero-order valence-electron chi connectivity index (χ0n) is 15.3. The second kappa shape index (κ2) is 7.23. The number of rotatable bonds is 5. The highest BCUT2D eigenvalue weighted by Gasteiger charge is 2.24. The summed E-state index contributed by atoms with van der Waals surface area (Å²) in [5.41, 5.74) is 3.12. The minimum absolute atomic E-state index is 0.339. The Morgan fingerprint density at radius 3 is 2.65 bits per heavy atom. The van der Waals surface area contributed by atoms with Crippen LogP contribution in [0.5, 0.6) is 0 Å². The molecule has 26 heavy (non-hydrogen) atoms. The fourth-order valence-electron chi connectivity index (χ4n) is 3.55. The third-order valence-electron chi connectivity index (χ3n) is 5.05. The van der Waals surface area contributed by atoms with Crippen molar-refractivity contribution in [2.75, 3.05) is 5.32 Å². The zero-order valence-corrected chi connectivity index (χ0v) is 16.1. The van der Waals surface area contributed by atoms with Crippen molar-refractivity contribution in [3.63, 3.8) is 0 Å². The van der Waals surface area contributed by atoms with Crippen LogP contribution in [0.2, 0.25) is 5.02 Å². The molecule has 1 saturated carbocycles. The van der Waals surface area contributed by atoms with Gasteiger partial charge in [-0.3, -0.25) is 0 Å². The van der Waals surface area contributed by atoms with E-state index in [2.05, 4.69) is 28.7 Å². The van der Waals surface area contributed by atoms with Crippen molar-refractivity contribution in [3.8, 4) is 0 Å². The Labute approximate surface area is 158 Å². The van der Waals surface area contributed by atoms with E-state index >= 15 is 0 Å². The molecule has 2 aromatic heterocycles. The molecule has 4 rings (SSSR count). The normalized spacial score (nSPS) is 15.2. The number of halogens is 1. The molecular weight excluding hydrogens is 346 g/mol. The quantitative estimate of drug-likeness (QED) is 0.653. The lowest BCUT2D eigenvalue weighted by atomic mass is 10.2. The third kappa shape index (κ3) is 3.54. The largest absolute Gasteiger partial charge is 0.352 e.